The van der Waals surface area contributed by atoms with Crippen LogP contribution < -0.4 is 0 Å². The molecule has 0 bridgehead atoms. The summed E-state index contributed by atoms with van der Waals surface area (Å²) in [5, 5.41) is 10.1. The van der Waals surface area contributed by atoms with E-state index in [1.54, 1.807) is 25.1 Å². The van der Waals surface area contributed by atoms with Gasteiger partial charge in [0.1, 0.15) is 5.75 Å². The first kappa shape index (κ1) is 27.5. The minimum atomic E-state index is -5.05. The number of aromatic hydroxyl groups is 1. The van der Waals surface area contributed by atoms with E-state index in [1.165, 1.54) is 4.90 Å². The van der Waals surface area contributed by atoms with Gasteiger partial charge in [-0.05, 0) is 54.3 Å². The van der Waals surface area contributed by atoms with Crippen LogP contribution in [0, 0.1) is 6.92 Å². The van der Waals surface area contributed by atoms with Crippen LogP contribution in [0.3, 0.4) is 0 Å². The summed E-state index contributed by atoms with van der Waals surface area (Å²) in [5.74, 6) is -0.840. The Hall–Kier alpha value is -3.53. The molecule has 1 aliphatic rings. The first-order chi connectivity index (χ1) is 17.8. The number of hydrogen-bond acceptors (Lipinski definition) is 3. The van der Waals surface area contributed by atoms with Crippen molar-refractivity contribution in [1.29, 1.82) is 0 Å². The molecular weight excluding hydrogens is 510 g/mol. The Bertz CT molecular complexity index is 1260. The van der Waals surface area contributed by atoms with Crippen LogP contribution in [0.25, 0.3) is 0 Å². The van der Waals surface area contributed by atoms with Crippen molar-refractivity contribution in [3.63, 3.8) is 0 Å². The van der Waals surface area contributed by atoms with Crippen LogP contribution in [-0.2, 0) is 25.3 Å². The number of carbonyl (C=O) groups excluding carboxylic acids is 1. The first-order valence-electron chi connectivity index (χ1n) is 12.0. The van der Waals surface area contributed by atoms with Gasteiger partial charge in [0.05, 0.1) is 11.1 Å². The summed E-state index contributed by atoms with van der Waals surface area (Å²) in [4.78, 5) is 16.9. The van der Waals surface area contributed by atoms with Gasteiger partial charge in [-0.3, -0.25) is 9.69 Å². The molecule has 4 nitrogen and oxygen atoms in total. The van der Waals surface area contributed by atoms with Gasteiger partial charge < -0.3 is 10.0 Å². The third-order valence-electron chi connectivity index (χ3n) is 6.66. The summed E-state index contributed by atoms with van der Waals surface area (Å²) >= 11 is 0. The number of benzene rings is 3. The van der Waals surface area contributed by atoms with Crippen LogP contribution in [0.4, 0.5) is 26.3 Å². The van der Waals surface area contributed by atoms with E-state index in [4.69, 9.17) is 0 Å². The van der Waals surface area contributed by atoms with E-state index in [1.807, 2.05) is 30.3 Å². The largest absolute Gasteiger partial charge is 0.508 e. The van der Waals surface area contributed by atoms with Gasteiger partial charge in [-0.1, -0.05) is 42.5 Å². The minimum absolute atomic E-state index is 0.0150. The molecule has 0 aromatic heterocycles. The maximum absolute atomic E-state index is 13.5. The molecule has 1 amide bonds. The van der Waals surface area contributed by atoms with E-state index in [0.717, 1.165) is 5.56 Å². The molecule has 0 saturated carbocycles. The molecule has 0 radical (unpaired) electrons. The molecule has 0 aliphatic carbocycles. The van der Waals surface area contributed by atoms with Crippen molar-refractivity contribution in [2.45, 2.75) is 38.3 Å². The molecule has 38 heavy (non-hydrogen) atoms. The Kier molecular flexibility index (Phi) is 7.73. The highest BCUT2D eigenvalue weighted by molar-refractivity contribution is 5.95. The predicted molar refractivity (Wildman–Crippen MR) is 130 cm³/mol. The second kappa shape index (κ2) is 10.7. The first-order valence-corrected chi connectivity index (χ1v) is 12.0. The Morgan fingerprint density at radius 2 is 1.50 bits per heavy atom. The third kappa shape index (κ3) is 6.48. The normalized spacial score (nSPS) is 17.0. The molecule has 1 aliphatic heterocycles. The topological polar surface area (TPSA) is 43.8 Å². The highest BCUT2D eigenvalue weighted by Crippen LogP contribution is 2.37. The van der Waals surface area contributed by atoms with E-state index >= 15 is 0 Å². The predicted octanol–water partition coefficient (Wildman–Crippen LogP) is 6.31. The van der Waals surface area contributed by atoms with Gasteiger partial charge in [-0.2, -0.15) is 26.3 Å². The number of phenols is 1. The average molecular weight is 537 g/mol. The van der Waals surface area contributed by atoms with Crippen LogP contribution in [0.15, 0.2) is 66.7 Å². The SMILES string of the molecule is Cc1ccc(CC2CN(Cc3ccccc3)CCN2C(=O)c2cc(C(F)(F)F)cc(C(F)(F)F)c2)cc1O. The van der Waals surface area contributed by atoms with Crippen molar-refractivity contribution < 1.29 is 36.2 Å². The monoisotopic (exact) mass is 536 g/mol. The van der Waals surface area contributed by atoms with Crippen LogP contribution >= 0.6 is 0 Å². The second-order valence-corrected chi connectivity index (χ2v) is 9.49. The van der Waals surface area contributed by atoms with E-state index in [-0.39, 0.29) is 24.8 Å². The fraction of sp³-hybridized carbons (Fsp3) is 0.321. The summed E-state index contributed by atoms with van der Waals surface area (Å²) in [6, 6.07) is 15.0. The number of amides is 1. The molecule has 1 atom stereocenters. The van der Waals surface area contributed by atoms with Gasteiger partial charge in [-0.25, -0.2) is 0 Å². The maximum atomic E-state index is 13.5. The van der Waals surface area contributed by atoms with Gasteiger partial charge in [-0.15, -0.1) is 0 Å². The molecule has 10 heteroatoms. The molecule has 1 unspecified atom stereocenters. The van der Waals surface area contributed by atoms with Gasteiger partial charge in [0.15, 0.2) is 0 Å². The third-order valence-corrected chi connectivity index (χ3v) is 6.66. The number of halogens is 6. The lowest BCUT2D eigenvalue weighted by Gasteiger charge is -2.42. The summed E-state index contributed by atoms with van der Waals surface area (Å²) in [6.07, 6.45) is -9.84. The minimum Gasteiger partial charge on any atom is -0.508 e. The summed E-state index contributed by atoms with van der Waals surface area (Å²) in [5.41, 5.74) is -1.35. The van der Waals surface area contributed by atoms with Crippen LogP contribution in [0.2, 0.25) is 0 Å². The Labute approximate surface area is 216 Å². The molecular formula is C28H26F6N2O2. The molecule has 1 fully saturated rings. The number of aryl methyl sites for hydroxylation is 1. The van der Waals surface area contributed by atoms with Crippen molar-refractivity contribution in [3.8, 4) is 5.75 Å². The molecule has 3 aromatic rings. The lowest BCUT2D eigenvalue weighted by molar-refractivity contribution is -0.143. The van der Waals surface area contributed by atoms with E-state index in [0.29, 0.717) is 42.9 Å². The quantitative estimate of drug-likeness (QED) is 0.389. The lowest BCUT2D eigenvalue weighted by Crippen LogP contribution is -2.55. The van der Waals surface area contributed by atoms with Crippen molar-refractivity contribution in [2.75, 3.05) is 19.6 Å². The standard InChI is InChI=1S/C28H26F6N2O2/c1-18-7-8-20(12-25(18)37)11-24-17-35(16-19-5-3-2-4-6-19)9-10-36(24)26(38)21-13-22(27(29,30)31)15-23(14-21)28(32,33)34/h2-8,12-15,24,37H,9-11,16-17H2,1H3. The Balaban J connectivity index is 1.67. The highest BCUT2D eigenvalue weighted by Gasteiger charge is 2.39. The van der Waals surface area contributed by atoms with Gasteiger partial charge in [0.25, 0.3) is 5.91 Å². The van der Waals surface area contributed by atoms with Gasteiger partial charge in [0, 0.05) is 37.8 Å². The fourth-order valence-corrected chi connectivity index (χ4v) is 4.65. The number of rotatable bonds is 5. The summed E-state index contributed by atoms with van der Waals surface area (Å²) < 4.78 is 80.5. The smallest absolute Gasteiger partial charge is 0.416 e. The summed E-state index contributed by atoms with van der Waals surface area (Å²) in [7, 11) is 0. The van der Waals surface area contributed by atoms with Crippen molar-refractivity contribution in [2.24, 2.45) is 0 Å². The number of alkyl halides is 6. The molecule has 0 spiro atoms. The van der Waals surface area contributed by atoms with Crippen LogP contribution in [0.1, 0.15) is 38.2 Å². The van der Waals surface area contributed by atoms with E-state index < -0.39 is 41.0 Å². The molecule has 4 rings (SSSR count). The number of carbonyl (C=O) groups is 1. The molecule has 202 valence electrons. The van der Waals surface area contributed by atoms with Gasteiger partial charge in [0.2, 0.25) is 0 Å². The van der Waals surface area contributed by atoms with Gasteiger partial charge >= 0.3 is 12.4 Å². The van der Waals surface area contributed by atoms with E-state index in [9.17, 15) is 36.2 Å². The second-order valence-electron chi connectivity index (χ2n) is 9.49. The molecule has 3 aromatic carbocycles. The zero-order valence-electron chi connectivity index (χ0n) is 20.5. The van der Waals surface area contributed by atoms with Crippen molar-refractivity contribution in [1.82, 2.24) is 9.80 Å². The van der Waals surface area contributed by atoms with Crippen molar-refractivity contribution >= 4 is 5.91 Å². The average Bonchev–Trinajstić information content (AvgIpc) is 2.85. The van der Waals surface area contributed by atoms with Crippen LogP contribution in [0.5, 0.6) is 5.75 Å². The molecule has 1 N–H and O–H groups in total. The Morgan fingerprint density at radius 3 is 2.08 bits per heavy atom. The number of hydrogen-bond donors (Lipinski definition) is 1. The maximum Gasteiger partial charge on any atom is 0.416 e. The van der Waals surface area contributed by atoms with E-state index in [2.05, 4.69) is 4.90 Å². The zero-order chi connectivity index (χ0) is 27.7. The number of phenolic OH excluding ortho intramolecular Hbond substituents is 1. The zero-order valence-corrected chi connectivity index (χ0v) is 20.5. The van der Waals surface area contributed by atoms with Crippen molar-refractivity contribution in [3.05, 3.63) is 100 Å². The fourth-order valence-electron chi connectivity index (χ4n) is 4.65. The summed E-state index contributed by atoms with van der Waals surface area (Å²) in [6.45, 7) is 3.15. The Morgan fingerprint density at radius 1 is 0.868 bits per heavy atom. The molecule has 1 saturated heterocycles. The number of nitrogens with zero attached hydrogens (tertiary/aromatic N) is 2. The highest BCUT2D eigenvalue weighted by atomic mass is 19.4. The lowest BCUT2D eigenvalue weighted by atomic mass is 9.98. The number of piperazine rings is 1. The van der Waals surface area contributed by atoms with Crippen LogP contribution in [-0.4, -0.2) is 46.5 Å². The molecule has 1 heterocycles.